The van der Waals surface area contributed by atoms with Gasteiger partial charge >= 0.3 is 0 Å². The number of hydrogen-bond acceptors (Lipinski definition) is 3. The molecule has 0 fully saturated rings. The molecule has 0 spiro atoms. The Hall–Kier alpha value is -0.610. The quantitative estimate of drug-likeness (QED) is 0.578. The van der Waals surface area contributed by atoms with Crippen molar-refractivity contribution in [1.82, 2.24) is 5.32 Å². The first-order valence-electron chi connectivity index (χ1n) is 5.18. The van der Waals surface area contributed by atoms with Gasteiger partial charge < -0.3 is 16.2 Å². The average molecular weight is 202 g/mol. The Labute approximate surface area is 85.9 Å². The lowest BCUT2D eigenvalue weighted by atomic mass is 9.81. The van der Waals surface area contributed by atoms with E-state index in [1.807, 2.05) is 13.8 Å². The zero-order valence-electron chi connectivity index (χ0n) is 9.34. The Kier molecular flexibility index (Phi) is 5.72. The molecule has 1 amide bonds. The van der Waals surface area contributed by atoms with Crippen molar-refractivity contribution in [3.63, 3.8) is 0 Å². The molecule has 0 aliphatic heterocycles. The van der Waals surface area contributed by atoms with Crippen LogP contribution < -0.4 is 11.1 Å². The molecule has 0 aromatic carbocycles. The molecule has 0 saturated carbocycles. The van der Waals surface area contributed by atoms with Crippen molar-refractivity contribution in [2.24, 2.45) is 11.1 Å². The standard InChI is InChI=1S/C10H22N2O2/c1-4-10(5-2,7-11)9(14)12-8(3)6-13/h8,13H,4-7,11H2,1-3H3,(H,12,14). The molecule has 0 aliphatic rings. The Morgan fingerprint density at radius 2 is 2.00 bits per heavy atom. The molecule has 1 unspecified atom stereocenters. The molecule has 4 N–H and O–H groups in total. The number of nitrogens with two attached hydrogens (primary N) is 1. The summed E-state index contributed by atoms with van der Waals surface area (Å²) < 4.78 is 0. The lowest BCUT2D eigenvalue weighted by Crippen LogP contribution is -2.48. The zero-order chi connectivity index (χ0) is 11.2. The average Bonchev–Trinajstić information content (AvgIpc) is 2.21. The van der Waals surface area contributed by atoms with Crippen LogP contribution in [0, 0.1) is 5.41 Å². The minimum Gasteiger partial charge on any atom is -0.394 e. The van der Waals surface area contributed by atoms with E-state index in [1.54, 1.807) is 6.92 Å². The normalized spacial score (nSPS) is 13.8. The largest absolute Gasteiger partial charge is 0.394 e. The van der Waals surface area contributed by atoms with Crippen LogP contribution >= 0.6 is 0 Å². The molecule has 0 radical (unpaired) electrons. The van der Waals surface area contributed by atoms with Crippen molar-refractivity contribution in [3.05, 3.63) is 0 Å². The summed E-state index contributed by atoms with van der Waals surface area (Å²) in [4.78, 5) is 11.8. The van der Waals surface area contributed by atoms with Gasteiger partial charge in [-0.2, -0.15) is 0 Å². The second-order valence-electron chi connectivity index (χ2n) is 3.75. The lowest BCUT2D eigenvalue weighted by molar-refractivity contribution is -0.132. The topological polar surface area (TPSA) is 75.4 Å². The van der Waals surface area contributed by atoms with Crippen molar-refractivity contribution in [1.29, 1.82) is 0 Å². The number of aliphatic hydroxyl groups excluding tert-OH is 1. The number of hydrogen-bond donors (Lipinski definition) is 3. The minimum atomic E-state index is -0.469. The number of carbonyl (C=O) groups is 1. The second-order valence-corrected chi connectivity index (χ2v) is 3.75. The first kappa shape index (κ1) is 13.4. The number of rotatable bonds is 6. The molecule has 0 aliphatic carbocycles. The monoisotopic (exact) mass is 202 g/mol. The maximum atomic E-state index is 11.8. The highest BCUT2D eigenvalue weighted by Crippen LogP contribution is 2.24. The summed E-state index contributed by atoms with van der Waals surface area (Å²) in [5.74, 6) is -0.0495. The first-order valence-corrected chi connectivity index (χ1v) is 5.18. The molecule has 0 aromatic rings. The van der Waals surface area contributed by atoms with E-state index in [1.165, 1.54) is 0 Å². The van der Waals surface area contributed by atoms with E-state index in [0.29, 0.717) is 6.54 Å². The van der Waals surface area contributed by atoms with Crippen molar-refractivity contribution < 1.29 is 9.90 Å². The third kappa shape index (κ3) is 2.96. The van der Waals surface area contributed by atoms with Gasteiger partial charge in [-0.3, -0.25) is 4.79 Å². The van der Waals surface area contributed by atoms with Crippen molar-refractivity contribution >= 4 is 5.91 Å². The summed E-state index contributed by atoms with van der Waals surface area (Å²) in [6.45, 7) is 5.99. The van der Waals surface area contributed by atoms with Crippen LogP contribution in [0.15, 0.2) is 0 Å². The van der Waals surface area contributed by atoms with Crippen LogP contribution in [-0.4, -0.2) is 30.2 Å². The smallest absolute Gasteiger partial charge is 0.227 e. The zero-order valence-corrected chi connectivity index (χ0v) is 9.34. The van der Waals surface area contributed by atoms with Gasteiger partial charge in [0.2, 0.25) is 5.91 Å². The number of aliphatic hydroxyl groups is 1. The summed E-state index contributed by atoms with van der Waals surface area (Å²) in [5.41, 5.74) is 5.15. The van der Waals surface area contributed by atoms with Gasteiger partial charge in [-0.25, -0.2) is 0 Å². The van der Waals surface area contributed by atoms with Gasteiger partial charge in [-0.15, -0.1) is 0 Å². The van der Waals surface area contributed by atoms with E-state index >= 15 is 0 Å². The maximum absolute atomic E-state index is 11.8. The highest BCUT2D eigenvalue weighted by molar-refractivity contribution is 5.83. The molecule has 0 heterocycles. The number of amides is 1. The van der Waals surface area contributed by atoms with Gasteiger partial charge in [0, 0.05) is 12.6 Å². The third-order valence-electron chi connectivity index (χ3n) is 2.88. The van der Waals surface area contributed by atoms with Crippen LogP contribution in [0.5, 0.6) is 0 Å². The molecule has 84 valence electrons. The van der Waals surface area contributed by atoms with Crippen molar-refractivity contribution in [2.45, 2.75) is 39.7 Å². The van der Waals surface area contributed by atoms with E-state index in [0.717, 1.165) is 12.8 Å². The first-order chi connectivity index (χ1) is 6.56. The highest BCUT2D eigenvalue weighted by Gasteiger charge is 2.33. The van der Waals surface area contributed by atoms with Crippen LogP contribution in [-0.2, 0) is 4.79 Å². The minimum absolute atomic E-state index is 0.0418. The SMILES string of the molecule is CCC(CC)(CN)C(=O)NC(C)CO. The fourth-order valence-corrected chi connectivity index (χ4v) is 1.38. The summed E-state index contributed by atoms with van der Waals surface area (Å²) in [6, 6.07) is -0.202. The molecule has 0 rings (SSSR count). The molecule has 0 aromatic heterocycles. The van der Waals surface area contributed by atoms with E-state index in [9.17, 15) is 4.79 Å². The molecule has 0 saturated heterocycles. The lowest BCUT2D eigenvalue weighted by Gasteiger charge is -2.29. The van der Waals surface area contributed by atoms with Gasteiger partial charge in [0.25, 0.3) is 0 Å². The Balaban J connectivity index is 4.44. The number of nitrogens with one attached hydrogen (secondary N) is 1. The number of carbonyl (C=O) groups excluding carboxylic acids is 1. The van der Waals surface area contributed by atoms with Crippen LogP contribution in [0.1, 0.15) is 33.6 Å². The van der Waals surface area contributed by atoms with E-state index in [2.05, 4.69) is 5.32 Å². The molecule has 4 nitrogen and oxygen atoms in total. The molecular weight excluding hydrogens is 180 g/mol. The van der Waals surface area contributed by atoms with Crippen LogP contribution in [0.2, 0.25) is 0 Å². The van der Waals surface area contributed by atoms with Crippen molar-refractivity contribution in [3.8, 4) is 0 Å². The van der Waals surface area contributed by atoms with Gasteiger partial charge in [-0.05, 0) is 19.8 Å². The summed E-state index contributed by atoms with van der Waals surface area (Å²) in [5, 5.41) is 11.6. The van der Waals surface area contributed by atoms with E-state index in [-0.39, 0.29) is 18.6 Å². The molecular formula is C10H22N2O2. The van der Waals surface area contributed by atoms with E-state index in [4.69, 9.17) is 10.8 Å². The van der Waals surface area contributed by atoms with Gasteiger partial charge in [-0.1, -0.05) is 13.8 Å². The van der Waals surface area contributed by atoms with Crippen LogP contribution in [0.3, 0.4) is 0 Å². The highest BCUT2D eigenvalue weighted by atomic mass is 16.3. The van der Waals surface area contributed by atoms with Crippen LogP contribution in [0.25, 0.3) is 0 Å². The molecule has 1 atom stereocenters. The molecule has 14 heavy (non-hydrogen) atoms. The fourth-order valence-electron chi connectivity index (χ4n) is 1.38. The predicted octanol–water partition coefficient (Wildman–Crippen LogP) is 0.249. The van der Waals surface area contributed by atoms with E-state index < -0.39 is 5.41 Å². The van der Waals surface area contributed by atoms with Gasteiger partial charge in [0.05, 0.1) is 12.0 Å². The van der Waals surface area contributed by atoms with Gasteiger partial charge in [0.15, 0.2) is 0 Å². The third-order valence-corrected chi connectivity index (χ3v) is 2.88. The second kappa shape index (κ2) is 5.98. The summed E-state index contributed by atoms with van der Waals surface area (Å²) >= 11 is 0. The summed E-state index contributed by atoms with van der Waals surface area (Å²) in [6.07, 6.45) is 1.45. The molecule has 4 heteroatoms. The Morgan fingerprint density at radius 1 is 1.50 bits per heavy atom. The Bertz CT molecular complexity index is 171. The maximum Gasteiger partial charge on any atom is 0.227 e. The summed E-state index contributed by atoms with van der Waals surface area (Å²) in [7, 11) is 0. The van der Waals surface area contributed by atoms with Crippen LogP contribution in [0.4, 0.5) is 0 Å². The molecule has 0 bridgehead atoms. The van der Waals surface area contributed by atoms with Crippen molar-refractivity contribution in [2.75, 3.05) is 13.2 Å². The Morgan fingerprint density at radius 3 is 2.29 bits per heavy atom. The van der Waals surface area contributed by atoms with Gasteiger partial charge in [0.1, 0.15) is 0 Å². The predicted molar refractivity (Wildman–Crippen MR) is 56.8 cm³/mol. The fraction of sp³-hybridized carbons (Fsp3) is 0.900.